The van der Waals surface area contributed by atoms with E-state index in [1.54, 1.807) is 6.33 Å². The summed E-state index contributed by atoms with van der Waals surface area (Å²) in [7, 11) is 1.88. The number of rotatable bonds is 4. The molecule has 0 spiro atoms. The van der Waals surface area contributed by atoms with Gasteiger partial charge in [-0.05, 0) is 12.0 Å². The smallest absolute Gasteiger partial charge is 0.135 e. The number of fused-ring (bicyclic) bond motifs is 1. The summed E-state index contributed by atoms with van der Waals surface area (Å²) in [5.41, 5.74) is 2.28. The maximum absolute atomic E-state index is 5.72. The van der Waals surface area contributed by atoms with E-state index in [1.165, 1.54) is 5.56 Å². The third kappa shape index (κ3) is 2.51. The summed E-state index contributed by atoms with van der Waals surface area (Å²) in [6, 6.07) is 8.24. The Morgan fingerprint density at radius 3 is 2.71 bits per heavy atom. The standard InChI is InChI=1S/C16H20N4O/c1-10(2)14-15(17-3)18-9-19-16(14)20-12-8-21-13-7-5-4-6-11(12)13/h4-7,9-10,12H,8H2,1-3H3,(H2,17,18,19,20). The lowest BCUT2D eigenvalue weighted by atomic mass is 10.0. The molecule has 1 unspecified atom stereocenters. The number of nitrogens with zero attached hydrogens (tertiary/aromatic N) is 2. The van der Waals surface area contributed by atoms with Crippen molar-refractivity contribution in [2.45, 2.75) is 25.8 Å². The van der Waals surface area contributed by atoms with Gasteiger partial charge in [0.15, 0.2) is 0 Å². The van der Waals surface area contributed by atoms with E-state index in [9.17, 15) is 0 Å². The number of para-hydroxylation sites is 1. The molecule has 5 nitrogen and oxygen atoms in total. The van der Waals surface area contributed by atoms with Crippen LogP contribution in [-0.4, -0.2) is 23.6 Å². The molecule has 21 heavy (non-hydrogen) atoms. The molecule has 110 valence electrons. The summed E-state index contributed by atoms with van der Waals surface area (Å²) in [5, 5.41) is 6.64. The Morgan fingerprint density at radius 1 is 1.19 bits per heavy atom. The zero-order valence-electron chi connectivity index (χ0n) is 12.6. The van der Waals surface area contributed by atoms with Crippen LogP contribution >= 0.6 is 0 Å². The monoisotopic (exact) mass is 284 g/mol. The van der Waals surface area contributed by atoms with E-state index < -0.39 is 0 Å². The van der Waals surface area contributed by atoms with E-state index in [0.29, 0.717) is 12.5 Å². The van der Waals surface area contributed by atoms with Gasteiger partial charge in [-0.15, -0.1) is 0 Å². The number of anilines is 2. The number of ether oxygens (including phenoxy) is 1. The highest BCUT2D eigenvalue weighted by molar-refractivity contribution is 5.60. The van der Waals surface area contributed by atoms with E-state index in [1.807, 2.05) is 25.2 Å². The second kappa shape index (κ2) is 5.60. The molecule has 3 rings (SSSR count). The second-order valence-electron chi connectivity index (χ2n) is 5.44. The van der Waals surface area contributed by atoms with Gasteiger partial charge in [-0.25, -0.2) is 9.97 Å². The van der Waals surface area contributed by atoms with Gasteiger partial charge >= 0.3 is 0 Å². The van der Waals surface area contributed by atoms with Crippen LogP contribution in [0.3, 0.4) is 0 Å². The first-order chi connectivity index (χ1) is 10.2. The van der Waals surface area contributed by atoms with Crippen LogP contribution in [0.1, 0.15) is 36.9 Å². The van der Waals surface area contributed by atoms with E-state index in [2.05, 4.69) is 40.5 Å². The Labute approximate surface area is 124 Å². The number of hydrogen-bond acceptors (Lipinski definition) is 5. The summed E-state index contributed by atoms with van der Waals surface area (Å²) in [5.74, 6) is 3.02. The highest BCUT2D eigenvalue weighted by Crippen LogP contribution is 2.36. The van der Waals surface area contributed by atoms with Crippen molar-refractivity contribution < 1.29 is 4.74 Å². The summed E-state index contributed by atoms with van der Waals surface area (Å²) >= 11 is 0. The van der Waals surface area contributed by atoms with Crippen LogP contribution in [0.15, 0.2) is 30.6 Å². The van der Waals surface area contributed by atoms with Crippen LogP contribution in [0.4, 0.5) is 11.6 Å². The number of nitrogens with one attached hydrogen (secondary N) is 2. The van der Waals surface area contributed by atoms with Crippen molar-refractivity contribution in [1.29, 1.82) is 0 Å². The van der Waals surface area contributed by atoms with Crippen molar-refractivity contribution >= 4 is 11.6 Å². The molecule has 0 amide bonds. The summed E-state index contributed by atoms with van der Waals surface area (Å²) in [6.45, 7) is 4.91. The van der Waals surface area contributed by atoms with Crippen molar-refractivity contribution in [2.75, 3.05) is 24.3 Å². The summed E-state index contributed by atoms with van der Waals surface area (Å²) in [6.07, 6.45) is 1.59. The minimum absolute atomic E-state index is 0.123. The molecule has 1 aromatic heterocycles. The molecule has 0 radical (unpaired) electrons. The Balaban J connectivity index is 1.93. The topological polar surface area (TPSA) is 59.1 Å². The number of benzene rings is 1. The molecule has 1 aliphatic rings. The average molecular weight is 284 g/mol. The molecule has 5 heteroatoms. The van der Waals surface area contributed by atoms with Gasteiger partial charge in [0.1, 0.15) is 30.3 Å². The van der Waals surface area contributed by atoms with Gasteiger partial charge in [0.25, 0.3) is 0 Å². The lowest BCUT2D eigenvalue weighted by molar-refractivity contribution is 0.339. The third-order valence-corrected chi connectivity index (χ3v) is 3.71. The quantitative estimate of drug-likeness (QED) is 0.903. The molecule has 1 aromatic carbocycles. The van der Waals surface area contributed by atoms with Gasteiger partial charge in [-0.2, -0.15) is 0 Å². The van der Waals surface area contributed by atoms with Crippen LogP contribution in [0.5, 0.6) is 5.75 Å². The van der Waals surface area contributed by atoms with Crippen LogP contribution in [0.2, 0.25) is 0 Å². The van der Waals surface area contributed by atoms with Crippen molar-refractivity contribution in [1.82, 2.24) is 9.97 Å². The fourth-order valence-corrected chi connectivity index (χ4v) is 2.70. The summed E-state index contributed by atoms with van der Waals surface area (Å²) < 4.78 is 5.72. The Kier molecular flexibility index (Phi) is 3.64. The van der Waals surface area contributed by atoms with Gasteiger partial charge < -0.3 is 15.4 Å². The normalized spacial score (nSPS) is 16.5. The van der Waals surface area contributed by atoms with Crippen molar-refractivity contribution in [3.63, 3.8) is 0 Å². The molecule has 1 atom stereocenters. The molecule has 0 fully saturated rings. The van der Waals surface area contributed by atoms with Gasteiger partial charge in [0.2, 0.25) is 0 Å². The van der Waals surface area contributed by atoms with E-state index in [-0.39, 0.29) is 6.04 Å². The van der Waals surface area contributed by atoms with Crippen molar-refractivity contribution in [3.05, 3.63) is 41.7 Å². The maximum Gasteiger partial charge on any atom is 0.135 e. The SMILES string of the molecule is CNc1ncnc(NC2COc3ccccc32)c1C(C)C. The minimum atomic E-state index is 0.123. The first-order valence-corrected chi connectivity index (χ1v) is 7.21. The molecule has 2 aromatic rings. The summed E-state index contributed by atoms with van der Waals surface area (Å²) in [4.78, 5) is 8.73. The average Bonchev–Trinajstić information content (AvgIpc) is 2.90. The molecule has 0 saturated heterocycles. The van der Waals surface area contributed by atoms with Crippen LogP contribution in [-0.2, 0) is 0 Å². The van der Waals surface area contributed by atoms with Crippen LogP contribution in [0.25, 0.3) is 0 Å². The van der Waals surface area contributed by atoms with E-state index >= 15 is 0 Å². The second-order valence-corrected chi connectivity index (χ2v) is 5.44. The first kappa shape index (κ1) is 13.7. The molecule has 0 saturated carbocycles. The van der Waals surface area contributed by atoms with Crippen molar-refractivity contribution in [2.24, 2.45) is 0 Å². The lowest BCUT2D eigenvalue weighted by Crippen LogP contribution is -2.16. The largest absolute Gasteiger partial charge is 0.491 e. The fraction of sp³-hybridized carbons (Fsp3) is 0.375. The molecule has 2 N–H and O–H groups in total. The fourth-order valence-electron chi connectivity index (χ4n) is 2.70. The lowest BCUT2D eigenvalue weighted by Gasteiger charge is -2.19. The van der Waals surface area contributed by atoms with E-state index in [4.69, 9.17) is 4.74 Å². The highest BCUT2D eigenvalue weighted by atomic mass is 16.5. The Bertz CT molecular complexity index is 642. The van der Waals surface area contributed by atoms with Crippen molar-refractivity contribution in [3.8, 4) is 5.75 Å². The maximum atomic E-state index is 5.72. The molecule has 1 aliphatic heterocycles. The number of hydrogen-bond donors (Lipinski definition) is 2. The van der Waals surface area contributed by atoms with Gasteiger partial charge in [-0.3, -0.25) is 0 Å². The molecule has 0 aliphatic carbocycles. The Morgan fingerprint density at radius 2 is 1.95 bits per heavy atom. The minimum Gasteiger partial charge on any atom is -0.491 e. The van der Waals surface area contributed by atoms with Gasteiger partial charge in [-0.1, -0.05) is 32.0 Å². The Hall–Kier alpha value is -2.30. The van der Waals surface area contributed by atoms with E-state index in [0.717, 1.165) is 22.9 Å². The molecule has 2 heterocycles. The van der Waals surface area contributed by atoms with Gasteiger partial charge in [0.05, 0.1) is 6.04 Å². The molecular formula is C16H20N4O. The highest BCUT2D eigenvalue weighted by Gasteiger charge is 2.25. The zero-order valence-corrected chi connectivity index (χ0v) is 12.6. The van der Waals surface area contributed by atoms with Crippen LogP contribution in [0, 0.1) is 0 Å². The van der Waals surface area contributed by atoms with Gasteiger partial charge in [0, 0.05) is 18.2 Å². The molecular weight excluding hydrogens is 264 g/mol. The third-order valence-electron chi connectivity index (χ3n) is 3.71. The predicted molar refractivity (Wildman–Crippen MR) is 84.0 cm³/mol. The number of aromatic nitrogens is 2. The van der Waals surface area contributed by atoms with Crippen LogP contribution < -0.4 is 15.4 Å². The predicted octanol–water partition coefficient (Wildman–Crippen LogP) is 3.19. The first-order valence-electron chi connectivity index (χ1n) is 7.21. The molecule has 0 bridgehead atoms. The zero-order chi connectivity index (χ0) is 14.8.